The van der Waals surface area contributed by atoms with Gasteiger partial charge in [0.2, 0.25) is 0 Å². The molecule has 1 rings (SSSR count). The Morgan fingerprint density at radius 2 is 1.87 bits per heavy atom. The van der Waals surface area contributed by atoms with Gasteiger partial charge in [-0.1, -0.05) is 36.4 Å². The summed E-state index contributed by atoms with van der Waals surface area (Å²) in [6.07, 6.45) is 5.30. The molecule has 2 N–H and O–H groups in total. The standard InChI is InChI=1S/C13H19NO/c1-2-3-4-9-14-10-12-5-7-13(11-15)8-6-12/h2-3,5-8,14-15H,4,9-11H2,1H3/b3-2+. The summed E-state index contributed by atoms with van der Waals surface area (Å²) in [6.45, 7) is 4.05. The normalized spacial score (nSPS) is 11.1. The first-order valence-electron chi connectivity index (χ1n) is 5.37. The van der Waals surface area contributed by atoms with Gasteiger partial charge >= 0.3 is 0 Å². The molecule has 0 spiro atoms. The zero-order valence-electron chi connectivity index (χ0n) is 9.24. The summed E-state index contributed by atoms with van der Waals surface area (Å²) in [6, 6.07) is 8.02. The van der Waals surface area contributed by atoms with Gasteiger partial charge in [0.05, 0.1) is 6.61 Å². The molecule has 0 bridgehead atoms. The van der Waals surface area contributed by atoms with Gasteiger partial charge < -0.3 is 10.4 Å². The minimum absolute atomic E-state index is 0.120. The second-order valence-corrected chi connectivity index (χ2v) is 3.51. The molecule has 0 fully saturated rings. The Morgan fingerprint density at radius 3 is 2.47 bits per heavy atom. The van der Waals surface area contributed by atoms with E-state index >= 15 is 0 Å². The van der Waals surface area contributed by atoms with Gasteiger partial charge in [0, 0.05) is 6.54 Å². The van der Waals surface area contributed by atoms with Crippen LogP contribution in [0.1, 0.15) is 24.5 Å². The van der Waals surface area contributed by atoms with Crippen molar-refractivity contribution < 1.29 is 5.11 Å². The molecule has 0 saturated heterocycles. The van der Waals surface area contributed by atoms with E-state index in [1.807, 2.05) is 31.2 Å². The van der Waals surface area contributed by atoms with Crippen LogP contribution in [0.2, 0.25) is 0 Å². The Kier molecular flexibility index (Phi) is 5.74. The Balaban J connectivity index is 2.25. The van der Waals surface area contributed by atoms with E-state index < -0.39 is 0 Å². The van der Waals surface area contributed by atoms with E-state index in [1.165, 1.54) is 5.56 Å². The maximum Gasteiger partial charge on any atom is 0.0681 e. The van der Waals surface area contributed by atoms with E-state index in [0.717, 1.165) is 25.1 Å². The molecule has 0 aromatic heterocycles. The SMILES string of the molecule is C/C=C/CCNCc1ccc(CO)cc1. The van der Waals surface area contributed by atoms with Gasteiger partial charge in [-0.05, 0) is 31.0 Å². The second kappa shape index (κ2) is 7.21. The molecule has 15 heavy (non-hydrogen) atoms. The molecule has 82 valence electrons. The highest BCUT2D eigenvalue weighted by Gasteiger charge is 1.92. The number of allylic oxidation sites excluding steroid dienone is 1. The summed E-state index contributed by atoms with van der Waals surface area (Å²) < 4.78 is 0. The predicted octanol–water partition coefficient (Wildman–Crippen LogP) is 2.23. The second-order valence-electron chi connectivity index (χ2n) is 3.51. The van der Waals surface area contributed by atoms with E-state index in [9.17, 15) is 0 Å². The summed E-state index contributed by atoms with van der Waals surface area (Å²) >= 11 is 0. The average Bonchev–Trinajstić information content (AvgIpc) is 2.30. The number of aliphatic hydroxyl groups is 1. The van der Waals surface area contributed by atoms with Crippen LogP contribution in [0.4, 0.5) is 0 Å². The third-order valence-corrected chi connectivity index (χ3v) is 2.26. The van der Waals surface area contributed by atoms with E-state index in [0.29, 0.717) is 0 Å². The van der Waals surface area contributed by atoms with Crippen molar-refractivity contribution in [2.45, 2.75) is 26.5 Å². The first-order valence-corrected chi connectivity index (χ1v) is 5.37. The van der Waals surface area contributed by atoms with E-state index in [2.05, 4.69) is 17.5 Å². The lowest BCUT2D eigenvalue weighted by atomic mass is 10.1. The van der Waals surface area contributed by atoms with Crippen molar-refractivity contribution in [3.8, 4) is 0 Å². The fourth-order valence-corrected chi connectivity index (χ4v) is 1.35. The van der Waals surface area contributed by atoms with Crippen LogP contribution in [0.3, 0.4) is 0 Å². The molecule has 0 heterocycles. The number of rotatable bonds is 6. The van der Waals surface area contributed by atoms with Crippen LogP contribution in [-0.4, -0.2) is 11.7 Å². The zero-order chi connectivity index (χ0) is 10.9. The molecule has 1 aromatic rings. The maximum absolute atomic E-state index is 8.88. The van der Waals surface area contributed by atoms with Gasteiger partial charge in [-0.2, -0.15) is 0 Å². The van der Waals surface area contributed by atoms with Gasteiger partial charge in [0.15, 0.2) is 0 Å². The lowest BCUT2D eigenvalue weighted by molar-refractivity contribution is 0.282. The zero-order valence-corrected chi connectivity index (χ0v) is 9.24. The lowest BCUT2D eigenvalue weighted by Crippen LogP contribution is -2.13. The molecule has 0 amide bonds. The van der Waals surface area contributed by atoms with Crippen molar-refractivity contribution in [1.29, 1.82) is 0 Å². The Bertz CT molecular complexity index is 290. The molecule has 0 aliphatic carbocycles. The Hall–Kier alpha value is -1.12. The van der Waals surface area contributed by atoms with E-state index in [4.69, 9.17) is 5.11 Å². The van der Waals surface area contributed by atoms with Crippen LogP contribution in [0.15, 0.2) is 36.4 Å². The Morgan fingerprint density at radius 1 is 1.20 bits per heavy atom. The molecular formula is C13H19NO. The number of hydrogen-bond donors (Lipinski definition) is 2. The summed E-state index contributed by atoms with van der Waals surface area (Å²) in [4.78, 5) is 0. The van der Waals surface area contributed by atoms with Gasteiger partial charge in [-0.25, -0.2) is 0 Å². The Labute approximate surface area is 91.6 Å². The van der Waals surface area contributed by atoms with E-state index in [1.54, 1.807) is 0 Å². The number of benzene rings is 1. The van der Waals surface area contributed by atoms with Crippen LogP contribution in [0, 0.1) is 0 Å². The van der Waals surface area contributed by atoms with Crippen molar-refractivity contribution in [1.82, 2.24) is 5.32 Å². The number of hydrogen-bond acceptors (Lipinski definition) is 2. The minimum atomic E-state index is 0.120. The molecule has 0 aliphatic heterocycles. The highest BCUT2D eigenvalue weighted by atomic mass is 16.3. The molecule has 0 unspecified atom stereocenters. The van der Waals surface area contributed by atoms with Crippen molar-refractivity contribution in [3.05, 3.63) is 47.5 Å². The van der Waals surface area contributed by atoms with Gasteiger partial charge in [0.1, 0.15) is 0 Å². The van der Waals surface area contributed by atoms with E-state index in [-0.39, 0.29) is 6.61 Å². The summed E-state index contributed by atoms with van der Waals surface area (Å²) in [7, 11) is 0. The molecule has 0 radical (unpaired) electrons. The average molecular weight is 205 g/mol. The predicted molar refractivity (Wildman–Crippen MR) is 63.5 cm³/mol. The smallest absolute Gasteiger partial charge is 0.0681 e. The number of aliphatic hydroxyl groups excluding tert-OH is 1. The summed E-state index contributed by atoms with van der Waals surface area (Å²) in [5, 5.41) is 12.2. The third-order valence-electron chi connectivity index (χ3n) is 2.26. The van der Waals surface area contributed by atoms with Crippen LogP contribution < -0.4 is 5.32 Å². The van der Waals surface area contributed by atoms with Crippen molar-refractivity contribution in [3.63, 3.8) is 0 Å². The van der Waals surface area contributed by atoms with Gasteiger partial charge in [-0.3, -0.25) is 0 Å². The van der Waals surface area contributed by atoms with Gasteiger partial charge in [0.25, 0.3) is 0 Å². The van der Waals surface area contributed by atoms with Gasteiger partial charge in [-0.15, -0.1) is 0 Å². The quantitative estimate of drug-likeness (QED) is 0.551. The molecule has 2 nitrogen and oxygen atoms in total. The largest absolute Gasteiger partial charge is 0.392 e. The molecule has 1 aromatic carbocycles. The first kappa shape index (κ1) is 12.0. The first-order chi connectivity index (χ1) is 7.36. The fourth-order valence-electron chi connectivity index (χ4n) is 1.35. The molecular weight excluding hydrogens is 186 g/mol. The fraction of sp³-hybridized carbons (Fsp3) is 0.385. The van der Waals surface area contributed by atoms with Crippen LogP contribution in [-0.2, 0) is 13.2 Å². The van der Waals surface area contributed by atoms with Crippen molar-refractivity contribution in [2.24, 2.45) is 0 Å². The highest BCUT2D eigenvalue weighted by molar-refractivity contribution is 5.21. The summed E-state index contributed by atoms with van der Waals surface area (Å²) in [5.41, 5.74) is 2.22. The topological polar surface area (TPSA) is 32.3 Å². The molecule has 0 aliphatic rings. The van der Waals surface area contributed by atoms with Crippen molar-refractivity contribution >= 4 is 0 Å². The van der Waals surface area contributed by atoms with Crippen LogP contribution >= 0.6 is 0 Å². The molecule has 2 heteroatoms. The van der Waals surface area contributed by atoms with Crippen LogP contribution in [0.25, 0.3) is 0 Å². The minimum Gasteiger partial charge on any atom is -0.392 e. The highest BCUT2D eigenvalue weighted by Crippen LogP contribution is 2.03. The molecule has 0 atom stereocenters. The maximum atomic E-state index is 8.88. The molecule has 0 saturated carbocycles. The third kappa shape index (κ3) is 4.77. The lowest BCUT2D eigenvalue weighted by Gasteiger charge is -2.04. The number of nitrogens with one attached hydrogen (secondary N) is 1. The monoisotopic (exact) mass is 205 g/mol. The van der Waals surface area contributed by atoms with Crippen molar-refractivity contribution in [2.75, 3.05) is 6.54 Å². The summed E-state index contributed by atoms with van der Waals surface area (Å²) in [5.74, 6) is 0. The van der Waals surface area contributed by atoms with Crippen LogP contribution in [0.5, 0.6) is 0 Å².